The van der Waals surface area contributed by atoms with E-state index in [1.54, 1.807) is 23.7 Å². The summed E-state index contributed by atoms with van der Waals surface area (Å²) in [7, 11) is 1.27. The molecule has 3 aromatic rings. The normalized spacial score (nSPS) is 15.0. The van der Waals surface area contributed by atoms with Crippen molar-refractivity contribution in [2.24, 2.45) is 0 Å². The third kappa shape index (κ3) is 6.30. The fourth-order valence-corrected chi connectivity index (χ4v) is 5.00. The van der Waals surface area contributed by atoms with Gasteiger partial charge in [0, 0.05) is 42.7 Å². The highest BCUT2D eigenvalue weighted by atomic mass is 32.1. The molecule has 1 aliphatic rings. The minimum atomic E-state index is -0.867. The summed E-state index contributed by atoms with van der Waals surface area (Å²) >= 11 is 1.40. The Kier molecular flexibility index (Phi) is 7.86. The molecule has 0 bridgehead atoms. The molecule has 2 aromatic heterocycles. The number of piperidine rings is 1. The number of hydrogen-bond donors (Lipinski definition) is 2. The molecule has 1 saturated heterocycles. The highest BCUT2D eigenvalue weighted by molar-refractivity contribution is 7.09. The standard InChI is InChI=1S/C24H26FN5O4S/c1-34-24(33)19(11-18-12-26-14-27-18)28-22(32)20-13-35-23(29-20)16-6-8-30(9-7-16)21(31)10-15-2-4-17(25)5-3-15/h2-5,12-14,16,19H,6-11H2,1H3,(H,26,27)(H,28,32). The van der Waals surface area contributed by atoms with Gasteiger partial charge in [-0.15, -0.1) is 11.3 Å². The highest BCUT2D eigenvalue weighted by Crippen LogP contribution is 2.30. The molecule has 11 heteroatoms. The fourth-order valence-electron chi connectivity index (χ4n) is 4.03. The number of hydrogen-bond acceptors (Lipinski definition) is 7. The van der Waals surface area contributed by atoms with Gasteiger partial charge in [-0.05, 0) is 30.5 Å². The zero-order valence-corrected chi connectivity index (χ0v) is 20.0. The summed E-state index contributed by atoms with van der Waals surface area (Å²) in [4.78, 5) is 50.7. The first-order chi connectivity index (χ1) is 16.9. The number of nitrogens with zero attached hydrogens (tertiary/aromatic N) is 3. The zero-order chi connectivity index (χ0) is 24.8. The molecule has 0 aliphatic carbocycles. The lowest BCUT2D eigenvalue weighted by Gasteiger charge is -2.31. The number of amides is 2. The summed E-state index contributed by atoms with van der Waals surface area (Å²) in [6, 6.07) is 5.10. The number of esters is 1. The maximum Gasteiger partial charge on any atom is 0.328 e. The molecule has 1 aliphatic heterocycles. The van der Waals surface area contributed by atoms with Crippen LogP contribution in [0.15, 0.2) is 42.2 Å². The van der Waals surface area contributed by atoms with Gasteiger partial charge in [0.1, 0.15) is 17.6 Å². The molecule has 184 valence electrons. The number of thiazole rings is 1. The quantitative estimate of drug-likeness (QED) is 0.460. The topological polar surface area (TPSA) is 117 Å². The van der Waals surface area contributed by atoms with E-state index < -0.39 is 17.9 Å². The summed E-state index contributed by atoms with van der Waals surface area (Å²) < 4.78 is 17.9. The number of carbonyl (C=O) groups excluding carboxylic acids is 3. The molecule has 2 N–H and O–H groups in total. The molecule has 3 heterocycles. The average molecular weight is 500 g/mol. The fraction of sp³-hybridized carbons (Fsp3) is 0.375. The zero-order valence-electron chi connectivity index (χ0n) is 19.2. The van der Waals surface area contributed by atoms with Gasteiger partial charge in [-0.3, -0.25) is 9.59 Å². The summed E-state index contributed by atoms with van der Waals surface area (Å²) in [6.07, 6.45) is 5.04. The van der Waals surface area contributed by atoms with Gasteiger partial charge in [0.2, 0.25) is 5.91 Å². The summed E-state index contributed by atoms with van der Waals surface area (Å²) in [6.45, 7) is 1.20. The summed E-state index contributed by atoms with van der Waals surface area (Å²) in [5.74, 6) is -1.16. The van der Waals surface area contributed by atoms with E-state index in [1.165, 1.54) is 36.9 Å². The number of H-pyrrole nitrogens is 1. The molecule has 35 heavy (non-hydrogen) atoms. The molecule has 9 nitrogen and oxygen atoms in total. The predicted molar refractivity (Wildman–Crippen MR) is 126 cm³/mol. The van der Waals surface area contributed by atoms with Crippen molar-refractivity contribution in [3.8, 4) is 0 Å². The van der Waals surface area contributed by atoms with Crippen molar-refractivity contribution in [3.63, 3.8) is 0 Å². The molecule has 0 spiro atoms. The van der Waals surface area contributed by atoms with Crippen LogP contribution in [0.5, 0.6) is 0 Å². The van der Waals surface area contributed by atoms with Crippen molar-refractivity contribution in [3.05, 3.63) is 69.9 Å². The maximum atomic E-state index is 13.1. The van der Waals surface area contributed by atoms with Gasteiger partial charge in [-0.1, -0.05) is 12.1 Å². The van der Waals surface area contributed by atoms with Crippen LogP contribution in [0.25, 0.3) is 0 Å². The average Bonchev–Trinajstić information content (AvgIpc) is 3.57. The third-order valence-corrected chi connectivity index (χ3v) is 7.00. The Morgan fingerprint density at radius 1 is 1.26 bits per heavy atom. The van der Waals surface area contributed by atoms with Gasteiger partial charge in [0.25, 0.3) is 5.91 Å². The third-order valence-electron chi connectivity index (χ3n) is 5.99. The molecular formula is C24H26FN5O4S. The van der Waals surface area contributed by atoms with Gasteiger partial charge in [-0.25, -0.2) is 19.2 Å². The molecule has 4 rings (SSSR count). The molecule has 1 fully saturated rings. The van der Waals surface area contributed by atoms with Crippen molar-refractivity contribution >= 4 is 29.1 Å². The number of aromatic amines is 1. The summed E-state index contributed by atoms with van der Waals surface area (Å²) in [5.41, 5.74) is 1.73. The van der Waals surface area contributed by atoms with E-state index in [0.29, 0.717) is 18.8 Å². The summed E-state index contributed by atoms with van der Waals surface area (Å²) in [5, 5.41) is 5.21. The van der Waals surface area contributed by atoms with E-state index in [2.05, 4.69) is 20.3 Å². The second-order valence-electron chi connectivity index (χ2n) is 8.36. The van der Waals surface area contributed by atoms with Crippen molar-refractivity contribution in [2.75, 3.05) is 20.2 Å². The Hall–Kier alpha value is -3.60. The van der Waals surface area contributed by atoms with Gasteiger partial charge < -0.3 is 19.9 Å². The van der Waals surface area contributed by atoms with Gasteiger partial charge >= 0.3 is 5.97 Å². The van der Waals surface area contributed by atoms with E-state index in [9.17, 15) is 18.8 Å². The van der Waals surface area contributed by atoms with Crippen LogP contribution in [0.1, 0.15) is 45.5 Å². The van der Waals surface area contributed by atoms with Crippen LogP contribution < -0.4 is 5.32 Å². The molecule has 1 unspecified atom stereocenters. The number of likely N-dealkylation sites (tertiary alicyclic amines) is 1. The number of carbonyl (C=O) groups is 3. The van der Waals surface area contributed by atoms with E-state index in [0.717, 1.165) is 23.4 Å². The molecule has 1 aromatic carbocycles. The highest BCUT2D eigenvalue weighted by Gasteiger charge is 2.28. The van der Waals surface area contributed by atoms with E-state index in [1.807, 2.05) is 4.90 Å². The van der Waals surface area contributed by atoms with Gasteiger partial charge in [0.15, 0.2) is 0 Å². The first-order valence-electron chi connectivity index (χ1n) is 11.3. The Balaban J connectivity index is 1.31. The SMILES string of the molecule is COC(=O)C(Cc1cnc[nH]1)NC(=O)c1csc(C2CCN(C(=O)Cc3ccc(F)cc3)CC2)n1. The molecule has 0 radical (unpaired) electrons. The Labute approximate surface area is 205 Å². The minimum absolute atomic E-state index is 0.0142. The van der Waals surface area contributed by atoms with Gasteiger partial charge in [-0.2, -0.15) is 0 Å². The number of halogens is 1. The van der Waals surface area contributed by atoms with Crippen LogP contribution >= 0.6 is 11.3 Å². The number of ether oxygens (including phenoxy) is 1. The maximum absolute atomic E-state index is 13.1. The lowest BCUT2D eigenvalue weighted by atomic mass is 9.97. The number of imidazole rings is 1. The second-order valence-corrected chi connectivity index (χ2v) is 9.25. The largest absolute Gasteiger partial charge is 0.467 e. The minimum Gasteiger partial charge on any atom is -0.467 e. The predicted octanol–water partition coefficient (Wildman–Crippen LogP) is 2.47. The first kappa shape index (κ1) is 24.5. The van der Waals surface area contributed by atoms with Crippen molar-refractivity contribution < 1.29 is 23.5 Å². The van der Waals surface area contributed by atoms with Crippen molar-refractivity contribution in [1.82, 2.24) is 25.2 Å². The van der Waals surface area contributed by atoms with Crippen LogP contribution in [-0.2, 0) is 27.2 Å². The smallest absolute Gasteiger partial charge is 0.328 e. The molecule has 1 atom stereocenters. The monoisotopic (exact) mass is 499 g/mol. The van der Waals surface area contributed by atoms with Crippen molar-refractivity contribution in [1.29, 1.82) is 0 Å². The van der Waals surface area contributed by atoms with Crippen LogP contribution in [0.2, 0.25) is 0 Å². The van der Waals surface area contributed by atoms with Gasteiger partial charge in [0.05, 0.1) is 24.9 Å². The van der Waals surface area contributed by atoms with E-state index in [-0.39, 0.29) is 36.2 Å². The number of nitrogens with one attached hydrogen (secondary N) is 2. The van der Waals surface area contributed by atoms with Crippen LogP contribution in [0, 0.1) is 5.82 Å². The molecule has 0 saturated carbocycles. The van der Waals surface area contributed by atoms with E-state index >= 15 is 0 Å². The first-order valence-corrected chi connectivity index (χ1v) is 12.1. The number of aromatic nitrogens is 3. The Bertz CT molecular complexity index is 1160. The van der Waals surface area contributed by atoms with Crippen molar-refractivity contribution in [2.45, 2.75) is 37.6 Å². The van der Waals surface area contributed by atoms with E-state index in [4.69, 9.17) is 4.74 Å². The second kappa shape index (κ2) is 11.2. The van der Waals surface area contributed by atoms with Crippen LogP contribution in [0.3, 0.4) is 0 Å². The Morgan fingerprint density at radius 2 is 2.00 bits per heavy atom. The van der Waals surface area contributed by atoms with Crippen LogP contribution in [-0.4, -0.2) is 63.9 Å². The lowest BCUT2D eigenvalue weighted by Crippen LogP contribution is -2.43. The van der Waals surface area contributed by atoms with Crippen LogP contribution in [0.4, 0.5) is 4.39 Å². The number of rotatable bonds is 8. The molecule has 2 amide bonds. The molecular weight excluding hydrogens is 473 g/mol. The number of benzene rings is 1. The lowest BCUT2D eigenvalue weighted by molar-refractivity contribution is -0.142. The number of methoxy groups -OCH3 is 1. The Morgan fingerprint density at radius 3 is 2.66 bits per heavy atom.